The lowest BCUT2D eigenvalue weighted by atomic mass is 10.2. The van der Waals surface area contributed by atoms with Gasteiger partial charge in [-0.25, -0.2) is 4.98 Å². The van der Waals surface area contributed by atoms with Crippen molar-refractivity contribution in [3.63, 3.8) is 0 Å². The molecule has 0 aliphatic carbocycles. The van der Waals surface area contributed by atoms with Crippen LogP contribution in [-0.2, 0) is 0 Å². The smallest absolute Gasteiger partial charge is 0.157 e. The Hall–Kier alpha value is -1.10. The van der Waals surface area contributed by atoms with Crippen molar-refractivity contribution in [2.75, 3.05) is 23.3 Å². The highest BCUT2D eigenvalue weighted by Gasteiger charge is 2.10. The van der Waals surface area contributed by atoms with Crippen molar-refractivity contribution in [1.82, 2.24) is 14.6 Å². The second-order valence-corrected chi connectivity index (χ2v) is 4.84. The van der Waals surface area contributed by atoms with Crippen molar-refractivity contribution in [3.8, 4) is 0 Å². The van der Waals surface area contributed by atoms with E-state index in [4.69, 9.17) is 0 Å². The minimum Gasteiger partial charge on any atom is -0.357 e. The molecular formula is C12H17BrN4. The summed E-state index contributed by atoms with van der Waals surface area (Å²) in [5, 5.41) is 5.31. The summed E-state index contributed by atoms with van der Waals surface area (Å²) in [4.78, 5) is 6.58. The maximum atomic E-state index is 4.29. The Morgan fingerprint density at radius 1 is 1.41 bits per heavy atom. The summed E-state index contributed by atoms with van der Waals surface area (Å²) in [5.74, 6) is 1.13. The molecule has 0 bridgehead atoms. The van der Waals surface area contributed by atoms with E-state index in [0.717, 1.165) is 36.3 Å². The van der Waals surface area contributed by atoms with Gasteiger partial charge in [0, 0.05) is 18.4 Å². The summed E-state index contributed by atoms with van der Waals surface area (Å²) in [5.41, 5.74) is 2.13. The third-order valence-electron chi connectivity index (χ3n) is 2.77. The Labute approximate surface area is 110 Å². The van der Waals surface area contributed by atoms with Crippen molar-refractivity contribution >= 4 is 27.4 Å². The first kappa shape index (κ1) is 12.4. The molecule has 0 spiro atoms. The van der Waals surface area contributed by atoms with Crippen LogP contribution in [0.3, 0.4) is 0 Å². The van der Waals surface area contributed by atoms with Crippen LogP contribution in [0, 0.1) is 6.92 Å². The van der Waals surface area contributed by atoms with E-state index < -0.39 is 0 Å². The standard InChI is InChI=1S/C12H17BrN4/c1-3-16(6-4-5-13)12-8-10(2)7-11-14-9-15-17(11)12/h7-9H,3-6H2,1-2H3. The molecule has 0 radical (unpaired) electrons. The molecule has 0 amide bonds. The molecule has 4 nitrogen and oxygen atoms in total. The molecule has 5 heteroatoms. The molecule has 0 N–H and O–H groups in total. The van der Waals surface area contributed by atoms with Gasteiger partial charge in [0.1, 0.15) is 12.1 Å². The molecule has 2 heterocycles. The van der Waals surface area contributed by atoms with Crippen molar-refractivity contribution in [2.45, 2.75) is 20.3 Å². The summed E-state index contributed by atoms with van der Waals surface area (Å²) in [6.07, 6.45) is 2.73. The molecule has 2 aromatic heterocycles. The van der Waals surface area contributed by atoms with Crippen LogP contribution in [0.1, 0.15) is 18.9 Å². The molecule has 0 fully saturated rings. The van der Waals surface area contributed by atoms with E-state index in [-0.39, 0.29) is 0 Å². The number of pyridine rings is 1. The van der Waals surface area contributed by atoms with Crippen LogP contribution in [0.15, 0.2) is 18.5 Å². The number of nitrogens with zero attached hydrogens (tertiary/aromatic N) is 4. The average molecular weight is 297 g/mol. The van der Waals surface area contributed by atoms with Crippen LogP contribution in [0.4, 0.5) is 5.82 Å². The van der Waals surface area contributed by atoms with Crippen molar-refractivity contribution in [2.24, 2.45) is 0 Å². The molecule has 2 aromatic rings. The van der Waals surface area contributed by atoms with Gasteiger partial charge in [0.15, 0.2) is 5.65 Å². The lowest BCUT2D eigenvalue weighted by molar-refractivity contribution is 0.760. The SMILES string of the molecule is CCN(CCCBr)c1cc(C)cc2ncnn12. The number of halogens is 1. The third kappa shape index (κ3) is 2.60. The van der Waals surface area contributed by atoms with Gasteiger partial charge in [0.2, 0.25) is 0 Å². The maximum Gasteiger partial charge on any atom is 0.157 e. The second-order valence-electron chi connectivity index (χ2n) is 4.04. The van der Waals surface area contributed by atoms with Crippen LogP contribution in [-0.4, -0.2) is 33.0 Å². The van der Waals surface area contributed by atoms with E-state index in [1.54, 1.807) is 6.33 Å². The monoisotopic (exact) mass is 296 g/mol. The first-order valence-corrected chi connectivity index (χ1v) is 6.99. The highest BCUT2D eigenvalue weighted by atomic mass is 79.9. The fraction of sp³-hybridized carbons (Fsp3) is 0.500. The van der Waals surface area contributed by atoms with Gasteiger partial charge in [-0.1, -0.05) is 15.9 Å². The Balaban J connectivity index is 2.40. The predicted molar refractivity (Wildman–Crippen MR) is 74.0 cm³/mol. The summed E-state index contributed by atoms with van der Waals surface area (Å²) < 4.78 is 1.91. The Morgan fingerprint density at radius 3 is 2.94 bits per heavy atom. The van der Waals surface area contributed by atoms with E-state index in [9.17, 15) is 0 Å². The van der Waals surface area contributed by atoms with Gasteiger partial charge in [-0.2, -0.15) is 9.61 Å². The number of aromatic nitrogens is 3. The van der Waals surface area contributed by atoms with Gasteiger partial charge >= 0.3 is 0 Å². The third-order valence-corrected chi connectivity index (χ3v) is 3.33. The minimum absolute atomic E-state index is 0.914. The largest absolute Gasteiger partial charge is 0.357 e. The molecule has 0 aliphatic rings. The minimum atomic E-state index is 0.914. The topological polar surface area (TPSA) is 33.4 Å². The van der Waals surface area contributed by atoms with E-state index >= 15 is 0 Å². The summed E-state index contributed by atoms with van der Waals surface area (Å²) in [6.45, 7) is 6.27. The Bertz CT molecular complexity index is 494. The van der Waals surface area contributed by atoms with E-state index in [2.05, 4.69) is 56.9 Å². The first-order chi connectivity index (χ1) is 8.26. The number of rotatable bonds is 5. The van der Waals surface area contributed by atoms with Crippen LogP contribution in [0.25, 0.3) is 5.65 Å². The average Bonchev–Trinajstić information content (AvgIpc) is 2.77. The molecule has 92 valence electrons. The molecule has 2 rings (SSSR count). The normalized spacial score (nSPS) is 11.0. The Kier molecular flexibility index (Phi) is 3.99. The quantitative estimate of drug-likeness (QED) is 0.796. The second kappa shape index (κ2) is 5.49. The zero-order valence-corrected chi connectivity index (χ0v) is 11.8. The highest BCUT2D eigenvalue weighted by Crippen LogP contribution is 2.18. The van der Waals surface area contributed by atoms with Crippen molar-refractivity contribution < 1.29 is 0 Å². The highest BCUT2D eigenvalue weighted by molar-refractivity contribution is 9.09. The van der Waals surface area contributed by atoms with Crippen molar-refractivity contribution in [3.05, 3.63) is 24.0 Å². The van der Waals surface area contributed by atoms with Gasteiger partial charge in [0.05, 0.1) is 0 Å². The number of aryl methyl sites for hydroxylation is 1. The number of anilines is 1. The van der Waals surface area contributed by atoms with Gasteiger partial charge in [-0.3, -0.25) is 0 Å². The molecular weight excluding hydrogens is 280 g/mol. The number of hydrogen-bond acceptors (Lipinski definition) is 3. The fourth-order valence-corrected chi connectivity index (χ4v) is 2.20. The summed E-state index contributed by atoms with van der Waals surface area (Å²) in [7, 11) is 0. The van der Waals surface area contributed by atoms with Gasteiger partial charge < -0.3 is 4.90 Å². The van der Waals surface area contributed by atoms with Gasteiger partial charge in [0.25, 0.3) is 0 Å². The van der Waals surface area contributed by atoms with E-state index in [1.165, 1.54) is 5.56 Å². The van der Waals surface area contributed by atoms with Crippen LogP contribution in [0.2, 0.25) is 0 Å². The van der Waals surface area contributed by atoms with Crippen molar-refractivity contribution in [1.29, 1.82) is 0 Å². The number of hydrogen-bond donors (Lipinski definition) is 0. The fourth-order valence-electron chi connectivity index (χ4n) is 1.95. The molecule has 17 heavy (non-hydrogen) atoms. The van der Waals surface area contributed by atoms with Gasteiger partial charge in [-0.05, 0) is 38.0 Å². The molecule has 0 atom stereocenters. The summed E-state index contributed by atoms with van der Waals surface area (Å²) in [6, 6.07) is 4.22. The molecule has 0 aromatic carbocycles. The first-order valence-electron chi connectivity index (χ1n) is 5.87. The molecule has 0 aliphatic heterocycles. The number of alkyl halides is 1. The van der Waals surface area contributed by atoms with Gasteiger partial charge in [-0.15, -0.1) is 0 Å². The zero-order chi connectivity index (χ0) is 12.3. The molecule has 0 saturated carbocycles. The van der Waals surface area contributed by atoms with Crippen LogP contribution < -0.4 is 4.90 Å². The molecule has 0 saturated heterocycles. The lowest BCUT2D eigenvalue weighted by Gasteiger charge is -2.23. The van der Waals surface area contributed by atoms with Crippen LogP contribution >= 0.6 is 15.9 Å². The zero-order valence-electron chi connectivity index (χ0n) is 10.2. The predicted octanol–water partition coefficient (Wildman–Crippen LogP) is 2.65. The molecule has 0 unspecified atom stereocenters. The lowest BCUT2D eigenvalue weighted by Crippen LogP contribution is -2.26. The summed E-state index contributed by atoms with van der Waals surface area (Å²) >= 11 is 3.47. The van der Waals surface area contributed by atoms with Crippen LogP contribution in [0.5, 0.6) is 0 Å². The Morgan fingerprint density at radius 2 is 2.24 bits per heavy atom. The maximum absolute atomic E-state index is 4.29. The van der Waals surface area contributed by atoms with E-state index in [0.29, 0.717) is 0 Å². The number of fused-ring (bicyclic) bond motifs is 1. The van der Waals surface area contributed by atoms with E-state index in [1.807, 2.05) is 4.52 Å².